The molecule has 0 unspecified atom stereocenters. The van der Waals surface area contributed by atoms with E-state index in [1.54, 1.807) is 44.0 Å². The van der Waals surface area contributed by atoms with Crippen molar-refractivity contribution in [1.29, 1.82) is 0 Å². The number of hydrogen-bond donors (Lipinski definition) is 2. The molecule has 11 nitrogen and oxygen atoms in total. The first-order chi connectivity index (χ1) is 19.3. The predicted molar refractivity (Wildman–Crippen MR) is 160 cm³/mol. The van der Waals surface area contributed by atoms with Gasteiger partial charge in [-0.05, 0) is 65.8 Å². The van der Waals surface area contributed by atoms with Crippen LogP contribution >= 0.6 is 11.3 Å². The molecule has 0 atom stereocenters. The molecular formula is C29H36N6O5S. The number of nitrogens with one attached hydrogen (secondary N) is 2. The van der Waals surface area contributed by atoms with Gasteiger partial charge in [0.05, 0.1) is 23.3 Å². The van der Waals surface area contributed by atoms with E-state index in [0.29, 0.717) is 47.6 Å². The largest absolute Gasteiger partial charge is 0.444 e. The van der Waals surface area contributed by atoms with Crippen molar-refractivity contribution >= 4 is 45.9 Å². The second-order valence-electron chi connectivity index (χ2n) is 11.5. The number of benzene rings is 1. The summed E-state index contributed by atoms with van der Waals surface area (Å²) < 4.78 is 10.9. The molecule has 12 heteroatoms. The zero-order chi connectivity index (χ0) is 29.8. The molecule has 0 saturated carbocycles. The number of aromatic nitrogens is 2. The summed E-state index contributed by atoms with van der Waals surface area (Å²) in [5.74, 6) is -0.369. The summed E-state index contributed by atoms with van der Waals surface area (Å²) in [7, 11) is 0. The fourth-order valence-corrected chi connectivity index (χ4v) is 4.83. The van der Waals surface area contributed by atoms with E-state index in [-0.39, 0.29) is 12.0 Å². The zero-order valence-corrected chi connectivity index (χ0v) is 25.0. The molecule has 218 valence electrons. The minimum atomic E-state index is -0.682. The maximum atomic E-state index is 13.3. The molecule has 41 heavy (non-hydrogen) atoms. The predicted octanol–water partition coefficient (Wildman–Crippen LogP) is 5.86. The lowest BCUT2D eigenvalue weighted by Crippen LogP contribution is -2.50. The van der Waals surface area contributed by atoms with Crippen molar-refractivity contribution in [2.24, 2.45) is 0 Å². The van der Waals surface area contributed by atoms with Crippen LogP contribution in [0.15, 0.2) is 48.8 Å². The number of rotatable bonds is 5. The summed E-state index contributed by atoms with van der Waals surface area (Å²) in [4.78, 5) is 51.2. The van der Waals surface area contributed by atoms with E-state index < -0.39 is 17.3 Å². The van der Waals surface area contributed by atoms with Crippen LogP contribution in [0.25, 0.3) is 11.3 Å². The Labute approximate surface area is 243 Å². The van der Waals surface area contributed by atoms with Crippen LogP contribution < -0.4 is 15.5 Å². The van der Waals surface area contributed by atoms with E-state index in [1.165, 1.54) is 17.5 Å². The summed E-state index contributed by atoms with van der Waals surface area (Å²) in [6.45, 7) is 13.0. The molecule has 1 aromatic carbocycles. The van der Waals surface area contributed by atoms with Crippen LogP contribution in [0.2, 0.25) is 0 Å². The first-order valence-electron chi connectivity index (χ1n) is 13.3. The second-order valence-corrected chi connectivity index (χ2v) is 12.5. The highest BCUT2D eigenvalue weighted by Gasteiger charge is 2.27. The number of ether oxygens (including phenoxy) is 2. The van der Waals surface area contributed by atoms with E-state index >= 15 is 0 Å². The Bertz CT molecular complexity index is 1390. The van der Waals surface area contributed by atoms with E-state index in [9.17, 15) is 14.4 Å². The molecular weight excluding hydrogens is 544 g/mol. The average Bonchev–Trinajstić information content (AvgIpc) is 3.39. The Hall–Kier alpha value is -4.19. The van der Waals surface area contributed by atoms with Gasteiger partial charge in [0.25, 0.3) is 5.91 Å². The highest BCUT2D eigenvalue weighted by molar-refractivity contribution is 7.17. The van der Waals surface area contributed by atoms with Crippen molar-refractivity contribution in [3.8, 4) is 11.3 Å². The Kier molecular flexibility index (Phi) is 8.81. The molecule has 1 saturated heterocycles. The van der Waals surface area contributed by atoms with Crippen LogP contribution in [0.1, 0.15) is 51.2 Å². The van der Waals surface area contributed by atoms with Crippen molar-refractivity contribution in [1.82, 2.24) is 14.9 Å². The Morgan fingerprint density at radius 3 is 2.20 bits per heavy atom. The number of carbonyl (C=O) groups excluding carboxylic acids is 3. The number of thiazole rings is 1. The molecule has 4 rings (SSSR count). The quantitative estimate of drug-likeness (QED) is 0.384. The summed E-state index contributed by atoms with van der Waals surface area (Å²) in [6.07, 6.45) is 2.25. The van der Waals surface area contributed by atoms with Gasteiger partial charge in [0.2, 0.25) is 0 Å². The maximum absolute atomic E-state index is 13.3. The Morgan fingerprint density at radius 1 is 0.854 bits per heavy atom. The van der Waals surface area contributed by atoms with Crippen LogP contribution in [0.5, 0.6) is 0 Å². The van der Waals surface area contributed by atoms with Gasteiger partial charge < -0.3 is 24.6 Å². The number of nitrogens with zero attached hydrogens (tertiary/aromatic N) is 4. The molecule has 0 bridgehead atoms. The first kappa shape index (κ1) is 29.8. The summed E-state index contributed by atoms with van der Waals surface area (Å²) >= 11 is 1.26. The van der Waals surface area contributed by atoms with Crippen LogP contribution in [-0.4, -0.2) is 70.3 Å². The SMILES string of the molecule is CC(C)(C)OC(=O)Nc1ccc(-c2ccccn2)cc1NC(=O)c1cnc(N2CCN(C(=O)OC(C)(C)C)CC2)s1. The van der Waals surface area contributed by atoms with Crippen LogP contribution in [0, 0.1) is 0 Å². The standard InChI is InChI=1S/C29H36N6O5S/c1-28(2,3)39-26(37)33-21-11-10-19(20-9-7-8-12-30-20)17-22(21)32-24(36)23-18-31-25(41-23)34-13-15-35(16-14-34)27(38)40-29(4,5)6/h7-12,17-18H,13-16H2,1-6H3,(H,32,36)(H,33,37). The normalized spacial score (nSPS) is 13.9. The van der Waals surface area contributed by atoms with Crippen molar-refractivity contribution in [3.63, 3.8) is 0 Å². The lowest BCUT2D eigenvalue weighted by molar-refractivity contribution is 0.0240. The number of carbonyl (C=O) groups is 3. The number of anilines is 3. The molecule has 1 aliphatic heterocycles. The Morgan fingerprint density at radius 2 is 1.56 bits per heavy atom. The van der Waals surface area contributed by atoms with Crippen LogP contribution in [0.4, 0.5) is 26.1 Å². The second kappa shape index (κ2) is 12.1. The number of pyridine rings is 1. The summed E-state index contributed by atoms with van der Waals surface area (Å²) in [5.41, 5.74) is 1.03. The molecule has 0 spiro atoms. The fourth-order valence-electron chi connectivity index (χ4n) is 3.97. The smallest absolute Gasteiger partial charge is 0.412 e. The molecule has 1 fully saturated rings. The van der Waals surface area contributed by atoms with E-state index in [0.717, 1.165) is 11.3 Å². The van der Waals surface area contributed by atoms with Gasteiger partial charge in [0.15, 0.2) is 5.13 Å². The molecule has 2 N–H and O–H groups in total. The molecule has 0 radical (unpaired) electrons. The third-order valence-electron chi connectivity index (χ3n) is 5.78. The monoisotopic (exact) mass is 580 g/mol. The Balaban J connectivity index is 1.47. The van der Waals surface area contributed by atoms with E-state index in [1.807, 2.05) is 49.9 Å². The van der Waals surface area contributed by atoms with Gasteiger partial charge in [0, 0.05) is 37.9 Å². The fraction of sp³-hybridized carbons (Fsp3) is 0.414. The third kappa shape index (κ3) is 8.40. The zero-order valence-electron chi connectivity index (χ0n) is 24.2. The third-order valence-corrected chi connectivity index (χ3v) is 6.84. The van der Waals surface area contributed by atoms with Crippen LogP contribution in [-0.2, 0) is 9.47 Å². The van der Waals surface area contributed by atoms with E-state index in [4.69, 9.17) is 9.47 Å². The van der Waals surface area contributed by atoms with Gasteiger partial charge in [-0.15, -0.1) is 0 Å². The molecule has 1 aliphatic rings. The number of amides is 3. The van der Waals surface area contributed by atoms with Gasteiger partial charge in [-0.3, -0.25) is 15.1 Å². The number of hydrogen-bond acceptors (Lipinski definition) is 9. The maximum Gasteiger partial charge on any atom is 0.412 e. The highest BCUT2D eigenvalue weighted by atomic mass is 32.1. The summed E-state index contributed by atoms with van der Waals surface area (Å²) in [5, 5.41) is 6.33. The topological polar surface area (TPSA) is 126 Å². The van der Waals surface area contributed by atoms with Crippen molar-refractivity contribution < 1.29 is 23.9 Å². The molecule has 0 aliphatic carbocycles. The van der Waals surface area contributed by atoms with Crippen molar-refractivity contribution in [2.75, 3.05) is 41.7 Å². The van der Waals surface area contributed by atoms with Gasteiger partial charge in [0.1, 0.15) is 16.1 Å². The summed E-state index contributed by atoms with van der Waals surface area (Å²) in [6, 6.07) is 10.8. The lowest BCUT2D eigenvalue weighted by Gasteiger charge is -2.35. The number of piperazine rings is 1. The molecule has 3 aromatic rings. The van der Waals surface area contributed by atoms with Gasteiger partial charge >= 0.3 is 12.2 Å². The van der Waals surface area contributed by atoms with Crippen molar-refractivity contribution in [3.05, 3.63) is 53.7 Å². The van der Waals surface area contributed by atoms with Crippen molar-refractivity contribution in [2.45, 2.75) is 52.7 Å². The first-order valence-corrected chi connectivity index (χ1v) is 14.1. The molecule has 2 aromatic heterocycles. The van der Waals surface area contributed by atoms with E-state index in [2.05, 4.69) is 20.6 Å². The lowest BCUT2D eigenvalue weighted by atomic mass is 10.1. The van der Waals surface area contributed by atoms with Gasteiger partial charge in [-0.2, -0.15) is 0 Å². The van der Waals surface area contributed by atoms with Gasteiger partial charge in [-0.1, -0.05) is 23.5 Å². The minimum Gasteiger partial charge on any atom is -0.444 e. The molecule has 3 heterocycles. The van der Waals surface area contributed by atoms with Crippen LogP contribution in [0.3, 0.4) is 0 Å². The molecule has 3 amide bonds. The van der Waals surface area contributed by atoms with Gasteiger partial charge in [-0.25, -0.2) is 14.6 Å². The average molecular weight is 581 g/mol. The highest BCUT2D eigenvalue weighted by Crippen LogP contribution is 2.31. The minimum absolute atomic E-state index is 0.333.